The zero-order valence-electron chi connectivity index (χ0n) is 12.1. The molecular weight excluding hydrogens is 281 g/mol. The van der Waals surface area contributed by atoms with Gasteiger partial charge >= 0.3 is 6.03 Å². The third kappa shape index (κ3) is 4.32. The van der Waals surface area contributed by atoms with Crippen molar-refractivity contribution < 1.29 is 9.18 Å². The second kappa shape index (κ2) is 7.23. The lowest BCUT2D eigenvalue weighted by atomic mass is 10.1. The highest BCUT2D eigenvalue weighted by Crippen LogP contribution is 2.13. The normalized spacial score (nSPS) is 11.3. The molecule has 0 radical (unpaired) electrons. The second-order valence-corrected chi connectivity index (χ2v) is 4.91. The number of halogens is 1. The van der Waals surface area contributed by atoms with Crippen LogP contribution in [0.3, 0.4) is 0 Å². The quantitative estimate of drug-likeness (QED) is 0.909. The molecule has 5 heteroatoms. The minimum atomic E-state index is -0.332. The summed E-state index contributed by atoms with van der Waals surface area (Å²) in [5, 5.41) is 14.2. The van der Waals surface area contributed by atoms with E-state index in [1.54, 1.807) is 36.4 Å². The van der Waals surface area contributed by atoms with Crippen LogP contribution in [0, 0.1) is 17.1 Å². The van der Waals surface area contributed by atoms with Gasteiger partial charge in [-0.25, -0.2) is 9.18 Å². The largest absolute Gasteiger partial charge is 0.334 e. The molecule has 0 saturated carbocycles. The summed E-state index contributed by atoms with van der Waals surface area (Å²) in [7, 11) is 0. The van der Waals surface area contributed by atoms with Gasteiger partial charge in [0.05, 0.1) is 17.7 Å². The molecule has 0 heterocycles. The van der Waals surface area contributed by atoms with Crippen LogP contribution in [0.25, 0.3) is 0 Å². The number of nitriles is 1. The van der Waals surface area contributed by atoms with E-state index < -0.39 is 0 Å². The minimum Gasteiger partial charge on any atom is -0.334 e. The van der Waals surface area contributed by atoms with E-state index in [9.17, 15) is 9.18 Å². The number of amides is 2. The molecule has 112 valence electrons. The number of hydrogen-bond donors (Lipinski definition) is 2. The molecule has 0 aromatic heterocycles. The Hall–Kier alpha value is -2.87. The van der Waals surface area contributed by atoms with Crippen molar-refractivity contribution in [1.29, 1.82) is 5.26 Å². The molecule has 1 atom stereocenters. The Morgan fingerprint density at radius 3 is 2.64 bits per heavy atom. The van der Waals surface area contributed by atoms with E-state index in [-0.39, 0.29) is 24.4 Å². The van der Waals surface area contributed by atoms with Crippen molar-refractivity contribution in [1.82, 2.24) is 10.6 Å². The molecule has 2 aromatic carbocycles. The van der Waals surface area contributed by atoms with Gasteiger partial charge in [0, 0.05) is 6.54 Å². The maximum atomic E-state index is 13.0. The van der Waals surface area contributed by atoms with Crippen LogP contribution in [0.5, 0.6) is 0 Å². The molecule has 0 aliphatic carbocycles. The Bertz CT molecular complexity index is 692. The summed E-state index contributed by atoms with van der Waals surface area (Å²) in [6, 6.07) is 14.6. The number of urea groups is 1. The summed E-state index contributed by atoms with van der Waals surface area (Å²) in [6.45, 7) is 2.10. The highest BCUT2D eigenvalue weighted by Gasteiger charge is 2.09. The van der Waals surface area contributed by atoms with Crippen LogP contribution in [0.15, 0.2) is 48.5 Å². The van der Waals surface area contributed by atoms with Gasteiger partial charge in [0.2, 0.25) is 0 Å². The zero-order valence-corrected chi connectivity index (χ0v) is 12.1. The molecule has 2 amide bonds. The first-order chi connectivity index (χ1) is 10.6. The fourth-order valence-electron chi connectivity index (χ4n) is 2.01. The average molecular weight is 297 g/mol. The molecule has 22 heavy (non-hydrogen) atoms. The van der Waals surface area contributed by atoms with E-state index in [4.69, 9.17) is 5.26 Å². The van der Waals surface area contributed by atoms with Crippen molar-refractivity contribution in [3.8, 4) is 6.07 Å². The predicted octanol–water partition coefficient (Wildman–Crippen LogP) is 3.26. The Labute approximate surface area is 128 Å². The second-order valence-electron chi connectivity index (χ2n) is 4.91. The smallest absolute Gasteiger partial charge is 0.315 e. The van der Waals surface area contributed by atoms with Crippen LogP contribution in [-0.2, 0) is 6.54 Å². The molecule has 2 rings (SSSR count). The molecule has 0 saturated heterocycles. The Morgan fingerprint density at radius 1 is 1.27 bits per heavy atom. The first kappa shape index (κ1) is 15.5. The first-order valence-electron chi connectivity index (χ1n) is 6.87. The van der Waals surface area contributed by atoms with Gasteiger partial charge in [0.15, 0.2) is 0 Å². The molecule has 0 spiro atoms. The van der Waals surface area contributed by atoms with Gasteiger partial charge in [-0.15, -0.1) is 0 Å². The van der Waals surface area contributed by atoms with Crippen LogP contribution in [0.1, 0.15) is 29.7 Å². The van der Waals surface area contributed by atoms with Crippen LogP contribution in [0.4, 0.5) is 9.18 Å². The summed E-state index contributed by atoms with van der Waals surface area (Å²) in [5.74, 6) is -0.328. The summed E-state index contributed by atoms with van der Waals surface area (Å²) in [6.07, 6.45) is 0. The van der Waals surface area contributed by atoms with Crippen molar-refractivity contribution in [3.63, 3.8) is 0 Å². The van der Waals surface area contributed by atoms with E-state index in [0.29, 0.717) is 11.1 Å². The molecular formula is C17H16FN3O. The van der Waals surface area contributed by atoms with Gasteiger partial charge in [-0.1, -0.05) is 24.3 Å². The molecule has 0 aliphatic heterocycles. The maximum absolute atomic E-state index is 13.0. The summed E-state index contributed by atoms with van der Waals surface area (Å²) in [4.78, 5) is 11.8. The fraction of sp³-hybridized carbons (Fsp3) is 0.176. The van der Waals surface area contributed by atoms with Gasteiger partial charge in [-0.05, 0) is 42.3 Å². The number of nitrogens with one attached hydrogen (secondary N) is 2. The van der Waals surface area contributed by atoms with Gasteiger partial charge in [0.25, 0.3) is 0 Å². The van der Waals surface area contributed by atoms with Crippen molar-refractivity contribution in [2.24, 2.45) is 0 Å². The fourth-order valence-corrected chi connectivity index (χ4v) is 2.01. The van der Waals surface area contributed by atoms with Gasteiger partial charge in [-0.3, -0.25) is 0 Å². The SMILES string of the molecule is CC(NC(=O)NCc1cccc(F)c1)c1ccc(C#N)cc1. The third-order valence-electron chi connectivity index (χ3n) is 3.23. The van der Waals surface area contributed by atoms with Crippen molar-refractivity contribution >= 4 is 6.03 Å². The predicted molar refractivity (Wildman–Crippen MR) is 81.3 cm³/mol. The highest BCUT2D eigenvalue weighted by molar-refractivity contribution is 5.74. The number of hydrogen-bond acceptors (Lipinski definition) is 2. The van der Waals surface area contributed by atoms with Crippen molar-refractivity contribution in [3.05, 3.63) is 71.0 Å². The Kier molecular flexibility index (Phi) is 5.10. The Balaban J connectivity index is 1.87. The molecule has 0 aliphatic rings. The number of carbonyl (C=O) groups is 1. The van der Waals surface area contributed by atoms with E-state index >= 15 is 0 Å². The van der Waals surface area contributed by atoms with E-state index in [1.165, 1.54) is 12.1 Å². The van der Waals surface area contributed by atoms with Gasteiger partial charge in [-0.2, -0.15) is 5.26 Å². The molecule has 0 fully saturated rings. The summed E-state index contributed by atoms with van der Waals surface area (Å²) >= 11 is 0. The molecule has 2 aromatic rings. The van der Waals surface area contributed by atoms with E-state index in [1.807, 2.05) is 13.0 Å². The van der Waals surface area contributed by atoms with Crippen LogP contribution >= 0.6 is 0 Å². The van der Waals surface area contributed by atoms with Crippen molar-refractivity contribution in [2.45, 2.75) is 19.5 Å². The third-order valence-corrected chi connectivity index (χ3v) is 3.23. The monoisotopic (exact) mass is 297 g/mol. The average Bonchev–Trinajstić information content (AvgIpc) is 2.53. The van der Waals surface area contributed by atoms with Crippen LogP contribution < -0.4 is 10.6 Å². The number of rotatable bonds is 4. The molecule has 2 N–H and O–H groups in total. The molecule has 1 unspecified atom stereocenters. The lowest BCUT2D eigenvalue weighted by Crippen LogP contribution is -2.36. The lowest BCUT2D eigenvalue weighted by molar-refractivity contribution is 0.237. The van der Waals surface area contributed by atoms with Crippen LogP contribution in [-0.4, -0.2) is 6.03 Å². The van der Waals surface area contributed by atoms with Gasteiger partial charge in [0.1, 0.15) is 5.82 Å². The van der Waals surface area contributed by atoms with Crippen molar-refractivity contribution in [2.75, 3.05) is 0 Å². The number of nitrogens with zero attached hydrogens (tertiary/aromatic N) is 1. The summed E-state index contributed by atoms with van der Waals surface area (Å²) in [5.41, 5.74) is 2.17. The highest BCUT2D eigenvalue weighted by atomic mass is 19.1. The standard InChI is InChI=1S/C17H16FN3O/c1-12(15-7-5-13(10-19)6-8-15)21-17(22)20-11-14-3-2-4-16(18)9-14/h2-9,12H,11H2,1H3,(H2,20,21,22). The van der Waals surface area contributed by atoms with E-state index in [0.717, 1.165) is 5.56 Å². The topological polar surface area (TPSA) is 64.9 Å². The number of benzene rings is 2. The van der Waals surface area contributed by atoms with Gasteiger partial charge < -0.3 is 10.6 Å². The molecule has 0 bridgehead atoms. The summed E-state index contributed by atoms with van der Waals surface area (Å²) < 4.78 is 13.0. The Morgan fingerprint density at radius 2 is 2.00 bits per heavy atom. The number of carbonyl (C=O) groups excluding carboxylic acids is 1. The zero-order chi connectivity index (χ0) is 15.9. The molecule has 4 nitrogen and oxygen atoms in total. The maximum Gasteiger partial charge on any atom is 0.315 e. The first-order valence-corrected chi connectivity index (χ1v) is 6.87. The lowest BCUT2D eigenvalue weighted by Gasteiger charge is -2.15. The minimum absolute atomic E-state index is 0.194. The van der Waals surface area contributed by atoms with Crippen LogP contribution in [0.2, 0.25) is 0 Å². The van der Waals surface area contributed by atoms with E-state index in [2.05, 4.69) is 10.6 Å².